The van der Waals surface area contributed by atoms with Gasteiger partial charge >= 0.3 is 15.6 Å². The molecule has 0 aromatic heterocycles. The lowest BCUT2D eigenvalue weighted by Crippen LogP contribution is -2.35. The van der Waals surface area contributed by atoms with E-state index in [0.717, 1.165) is 6.08 Å². The first kappa shape index (κ1) is 14.3. The maximum Gasteiger partial charge on any atom is 0.525 e. The Morgan fingerprint density at radius 3 is 2.40 bits per heavy atom. The van der Waals surface area contributed by atoms with Crippen LogP contribution in [0.3, 0.4) is 0 Å². The SMILES string of the molecule is O=C=C1C=Cc2ccccc2N1OS(=O)(=O)C(F)(F)F. The van der Waals surface area contributed by atoms with Crippen molar-refractivity contribution in [1.29, 1.82) is 0 Å². The molecule has 2 rings (SSSR count). The van der Waals surface area contributed by atoms with E-state index in [0.29, 0.717) is 5.56 Å². The van der Waals surface area contributed by atoms with E-state index in [2.05, 4.69) is 4.28 Å². The second-order valence-corrected chi connectivity index (χ2v) is 5.17. The van der Waals surface area contributed by atoms with Crippen molar-refractivity contribution in [3.63, 3.8) is 0 Å². The van der Waals surface area contributed by atoms with Crippen LogP contribution in [0, 0.1) is 0 Å². The molecule has 20 heavy (non-hydrogen) atoms. The number of rotatable bonds is 2. The fourth-order valence-corrected chi connectivity index (χ4v) is 1.92. The second-order valence-electron chi connectivity index (χ2n) is 3.65. The Morgan fingerprint density at radius 1 is 1.15 bits per heavy atom. The Balaban J connectivity index is 2.49. The smallest absolute Gasteiger partial charge is 0.231 e. The fraction of sp³-hybridized carbons (Fsp3) is 0.0909. The van der Waals surface area contributed by atoms with Gasteiger partial charge in [0.25, 0.3) is 0 Å². The lowest BCUT2D eigenvalue weighted by atomic mass is 10.1. The van der Waals surface area contributed by atoms with Gasteiger partial charge < -0.3 is 0 Å². The highest BCUT2D eigenvalue weighted by molar-refractivity contribution is 7.87. The van der Waals surface area contributed by atoms with Gasteiger partial charge in [0.1, 0.15) is 0 Å². The number of hydroxylamine groups is 1. The Kier molecular flexibility index (Phi) is 3.43. The van der Waals surface area contributed by atoms with Crippen LogP contribution in [0.4, 0.5) is 18.9 Å². The molecule has 0 amide bonds. The van der Waals surface area contributed by atoms with E-state index in [1.54, 1.807) is 6.07 Å². The third kappa shape index (κ3) is 2.46. The van der Waals surface area contributed by atoms with Crippen LogP contribution in [0.2, 0.25) is 0 Å². The number of hydrogen-bond donors (Lipinski definition) is 0. The minimum Gasteiger partial charge on any atom is -0.231 e. The molecule has 9 heteroatoms. The van der Waals surface area contributed by atoms with Gasteiger partial charge in [0, 0.05) is 5.56 Å². The van der Waals surface area contributed by atoms with Crippen LogP contribution in [0.5, 0.6) is 0 Å². The summed E-state index contributed by atoms with van der Waals surface area (Å²) in [7, 11) is -5.89. The number of alkyl halides is 3. The highest BCUT2D eigenvalue weighted by Crippen LogP contribution is 2.34. The lowest BCUT2D eigenvalue weighted by molar-refractivity contribution is -0.0544. The van der Waals surface area contributed by atoms with Gasteiger partial charge in [-0.05, 0) is 18.2 Å². The monoisotopic (exact) mass is 305 g/mol. The van der Waals surface area contributed by atoms with Gasteiger partial charge in [-0.3, -0.25) is 0 Å². The summed E-state index contributed by atoms with van der Waals surface area (Å²) in [4.78, 5) is 10.7. The molecule has 1 heterocycles. The molecule has 0 spiro atoms. The van der Waals surface area contributed by atoms with Gasteiger partial charge in [-0.25, -0.2) is 4.79 Å². The standard InChI is InChI=1S/C11H6F3NO4S/c12-11(13,14)20(17,18)19-15-9(7-16)6-5-8-3-1-2-4-10(8)15/h1-6H. The normalized spacial score (nSPS) is 14.9. The highest BCUT2D eigenvalue weighted by atomic mass is 32.2. The predicted molar refractivity (Wildman–Crippen MR) is 63.2 cm³/mol. The van der Waals surface area contributed by atoms with Gasteiger partial charge in [0.2, 0.25) is 0 Å². The maximum atomic E-state index is 12.3. The molecule has 0 saturated heterocycles. The van der Waals surface area contributed by atoms with E-state index in [4.69, 9.17) is 0 Å². The van der Waals surface area contributed by atoms with Crippen LogP contribution in [-0.2, 0) is 19.2 Å². The molecule has 0 saturated carbocycles. The van der Waals surface area contributed by atoms with Crippen molar-refractivity contribution < 1.29 is 30.7 Å². The van der Waals surface area contributed by atoms with Crippen molar-refractivity contribution >= 4 is 27.8 Å². The third-order valence-electron chi connectivity index (χ3n) is 2.36. The summed E-state index contributed by atoms with van der Waals surface area (Å²) < 4.78 is 63.1. The van der Waals surface area contributed by atoms with Crippen LogP contribution < -0.4 is 5.06 Å². The molecule has 0 fully saturated rings. The minimum atomic E-state index is -5.89. The van der Waals surface area contributed by atoms with Gasteiger partial charge in [0.05, 0.1) is 5.69 Å². The first-order chi connectivity index (χ1) is 9.26. The summed E-state index contributed by atoms with van der Waals surface area (Å²) >= 11 is 0. The van der Waals surface area contributed by atoms with E-state index >= 15 is 0 Å². The number of anilines is 1. The lowest BCUT2D eigenvalue weighted by Gasteiger charge is -2.26. The van der Waals surface area contributed by atoms with Crippen molar-refractivity contribution in [3.05, 3.63) is 41.6 Å². The van der Waals surface area contributed by atoms with E-state index in [-0.39, 0.29) is 10.8 Å². The molecule has 0 unspecified atom stereocenters. The van der Waals surface area contributed by atoms with Crippen molar-refractivity contribution in [2.45, 2.75) is 5.51 Å². The number of hydrogen-bond acceptors (Lipinski definition) is 5. The maximum absolute atomic E-state index is 12.3. The van der Waals surface area contributed by atoms with Crippen LogP contribution in [-0.4, -0.2) is 19.9 Å². The number of halogens is 3. The molecule has 1 aromatic rings. The molecule has 0 aliphatic carbocycles. The topological polar surface area (TPSA) is 63.7 Å². The first-order valence-electron chi connectivity index (χ1n) is 5.09. The Morgan fingerprint density at radius 2 is 1.80 bits per heavy atom. The quantitative estimate of drug-likeness (QED) is 0.618. The summed E-state index contributed by atoms with van der Waals surface area (Å²) in [5.74, 6) is 1.32. The van der Waals surface area contributed by atoms with Crippen LogP contribution in [0.1, 0.15) is 5.56 Å². The molecule has 0 N–H and O–H groups in total. The Labute approximate surface area is 111 Å². The molecule has 106 valence electrons. The molecule has 1 aromatic carbocycles. The number of para-hydroxylation sites is 1. The van der Waals surface area contributed by atoms with E-state index in [1.807, 2.05) is 0 Å². The van der Waals surface area contributed by atoms with Gasteiger partial charge in [-0.2, -0.15) is 26.7 Å². The summed E-state index contributed by atoms with van der Waals surface area (Å²) in [6, 6.07) is 5.87. The zero-order chi connectivity index (χ0) is 15.0. The number of allylic oxidation sites excluding steroid dienone is 1. The van der Waals surface area contributed by atoms with Crippen LogP contribution in [0.25, 0.3) is 6.08 Å². The van der Waals surface area contributed by atoms with Gasteiger partial charge in [-0.1, -0.05) is 18.2 Å². The molecule has 0 bridgehead atoms. The number of nitrogens with zero attached hydrogens (tertiary/aromatic N) is 1. The summed E-state index contributed by atoms with van der Waals surface area (Å²) in [6.07, 6.45) is 2.52. The van der Waals surface area contributed by atoms with Crippen molar-refractivity contribution in [2.75, 3.05) is 5.06 Å². The molecule has 1 aliphatic heterocycles. The highest BCUT2D eigenvalue weighted by Gasteiger charge is 2.49. The molecular formula is C11H6F3NO4S. The van der Waals surface area contributed by atoms with Gasteiger partial charge in [0.15, 0.2) is 11.6 Å². The van der Waals surface area contributed by atoms with Crippen LogP contribution in [0.15, 0.2) is 36.0 Å². The van der Waals surface area contributed by atoms with Crippen molar-refractivity contribution in [3.8, 4) is 0 Å². The van der Waals surface area contributed by atoms with E-state index < -0.39 is 21.3 Å². The molecule has 5 nitrogen and oxygen atoms in total. The average molecular weight is 305 g/mol. The zero-order valence-electron chi connectivity index (χ0n) is 9.59. The fourth-order valence-electron chi connectivity index (χ4n) is 1.48. The Bertz CT molecular complexity index is 717. The molecular weight excluding hydrogens is 299 g/mol. The predicted octanol–water partition coefficient (Wildman–Crippen LogP) is 2.02. The van der Waals surface area contributed by atoms with E-state index in [9.17, 15) is 26.4 Å². The summed E-state index contributed by atoms with van der Waals surface area (Å²) in [5.41, 5.74) is -5.71. The number of carbonyl (C=O) groups excluding carboxylic acids is 1. The van der Waals surface area contributed by atoms with Crippen LogP contribution >= 0.6 is 0 Å². The van der Waals surface area contributed by atoms with Crippen molar-refractivity contribution in [1.82, 2.24) is 0 Å². The summed E-state index contributed by atoms with van der Waals surface area (Å²) in [6.45, 7) is 0. The zero-order valence-corrected chi connectivity index (χ0v) is 10.4. The molecule has 0 atom stereocenters. The first-order valence-corrected chi connectivity index (χ1v) is 6.50. The average Bonchev–Trinajstić information content (AvgIpc) is 2.37. The minimum absolute atomic E-state index is 0.0128. The number of fused-ring (bicyclic) bond motifs is 1. The molecule has 0 radical (unpaired) electrons. The summed E-state index contributed by atoms with van der Waals surface area (Å²) in [5, 5.41) is 0.283. The molecule has 1 aliphatic rings. The Hall–Kier alpha value is -2.09. The third-order valence-corrected chi connectivity index (χ3v) is 3.27. The number of benzene rings is 1. The van der Waals surface area contributed by atoms with E-state index in [1.165, 1.54) is 30.2 Å². The second kappa shape index (κ2) is 4.78. The van der Waals surface area contributed by atoms with Crippen molar-refractivity contribution in [2.24, 2.45) is 0 Å². The largest absolute Gasteiger partial charge is 0.525 e. The van der Waals surface area contributed by atoms with Gasteiger partial charge in [-0.15, -0.1) is 4.28 Å².